The fourth-order valence-electron chi connectivity index (χ4n) is 1.09. The van der Waals surface area contributed by atoms with Gasteiger partial charge in [-0.05, 0) is 18.2 Å². The summed E-state index contributed by atoms with van der Waals surface area (Å²) in [4.78, 5) is 10.8. The highest BCUT2D eigenvalue weighted by Crippen LogP contribution is 2.19. The van der Waals surface area contributed by atoms with Gasteiger partial charge in [0, 0.05) is 7.05 Å². The molecule has 2 N–H and O–H groups in total. The Morgan fingerprint density at radius 2 is 2.17 bits per heavy atom. The fourth-order valence-corrected chi connectivity index (χ4v) is 2.38. The summed E-state index contributed by atoms with van der Waals surface area (Å²) in [5.41, 5.74) is 0.182. The van der Waals surface area contributed by atoms with E-state index in [1.165, 1.54) is 19.2 Å². The molecule has 96 valence electrons. The first-order valence-corrected chi connectivity index (χ1v) is 6.66. The van der Waals surface area contributed by atoms with Crippen molar-refractivity contribution in [3.05, 3.63) is 28.8 Å². The van der Waals surface area contributed by atoms with Crippen LogP contribution in [0.1, 0.15) is 5.56 Å². The zero-order valence-corrected chi connectivity index (χ0v) is 11.0. The van der Waals surface area contributed by atoms with Gasteiger partial charge in [0.25, 0.3) is 0 Å². The zero-order chi connectivity index (χ0) is 13.8. The Morgan fingerprint density at radius 1 is 1.50 bits per heavy atom. The highest BCUT2D eigenvalue weighted by Gasteiger charge is 2.16. The van der Waals surface area contributed by atoms with E-state index in [4.69, 9.17) is 16.9 Å². The molecule has 0 bridgehead atoms. The minimum atomic E-state index is -3.82. The minimum absolute atomic E-state index is 0.0420. The molecule has 1 aromatic carbocycles. The number of benzene rings is 1. The monoisotopic (exact) mass is 287 g/mol. The maximum atomic E-state index is 11.8. The number of amides is 1. The van der Waals surface area contributed by atoms with Crippen molar-refractivity contribution in [1.29, 1.82) is 5.26 Å². The van der Waals surface area contributed by atoms with Crippen LogP contribution >= 0.6 is 11.6 Å². The van der Waals surface area contributed by atoms with Gasteiger partial charge >= 0.3 is 0 Å². The van der Waals surface area contributed by atoms with Crippen molar-refractivity contribution in [2.75, 3.05) is 13.6 Å². The van der Waals surface area contributed by atoms with Crippen LogP contribution in [0.3, 0.4) is 0 Å². The van der Waals surface area contributed by atoms with Gasteiger partial charge in [-0.1, -0.05) is 11.6 Å². The van der Waals surface area contributed by atoms with Gasteiger partial charge in [0.2, 0.25) is 15.9 Å². The van der Waals surface area contributed by atoms with E-state index >= 15 is 0 Å². The third-order valence-electron chi connectivity index (χ3n) is 2.07. The SMILES string of the molecule is CNC(=O)CNS(=O)(=O)c1ccc(C#N)c(Cl)c1. The summed E-state index contributed by atoms with van der Waals surface area (Å²) in [5, 5.41) is 11.0. The Bertz CT molecular complexity index is 607. The summed E-state index contributed by atoms with van der Waals surface area (Å²) in [6.45, 7) is -0.365. The van der Waals surface area contributed by atoms with E-state index in [0.29, 0.717) is 0 Å². The molecule has 0 radical (unpaired) electrons. The molecule has 0 unspecified atom stereocenters. The number of rotatable bonds is 4. The number of likely N-dealkylation sites (N-methyl/N-ethyl adjacent to an activating group) is 1. The Kier molecular flexibility index (Phi) is 4.67. The standard InChI is InChI=1S/C10H10ClN3O3S/c1-13-10(15)6-14-18(16,17)8-3-2-7(5-12)9(11)4-8/h2-4,14H,6H2,1H3,(H,13,15). The summed E-state index contributed by atoms with van der Waals surface area (Å²) in [6.07, 6.45) is 0. The van der Waals surface area contributed by atoms with Crippen LogP contribution in [0.2, 0.25) is 5.02 Å². The normalized spacial score (nSPS) is 10.7. The smallest absolute Gasteiger partial charge is 0.241 e. The second-order valence-electron chi connectivity index (χ2n) is 3.25. The van der Waals surface area contributed by atoms with Gasteiger partial charge in [-0.25, -0.2) is 13.1 Å². The number of nitrogens with zero attached hydrogens (tertiary/aromatic N) is 1. The minimum Gasteiger partial charge on any atom is -0.358 e. The van der Waals surface area contributed by atoms with Crippen LogP contribution in [0.25, 0.3) is 0 Å². The van der Waals surface area contributed by atoms with Crippen molar-refractivity contribution < 1.29 is 13.2 Å². The van der Waals surface area contributed by atoms with Crippen molar-refractivity contribution in [2.45, 2.75) is 4.90 Å². The lowest BCUT2D eigenvalue weighted by molar-refractivity contribution is -0.119. The lowest BCUT2D eigenvalue weighted by Gasteiger charge is -2.06. The van der Waals surface area contributed by atoms with E-state index in [2.05, 4.69) is 10.0 Å². The molecule has 0 saturated carbocycles. The molecule has 0 aliphatic heterocycles. The number of nitriles is 1. The topological polar surface area (TPSA) is 99.1 Å². The summed E-state index contributed by atoms with van der Waals surface area (Å²) < 4.78 is 25.7. The first kappa shape index (κ1) is 14.4. The van der Waals surface area contributed by atoms with Gasteiger partial charge < -0.3 is 5.32 Å². The molecule has 1 rings (SSSR count). The maximum absolute atomic E-state index is 11.8. The number of hydrogen-bond donors (Lipinski definition) is 2. The highest BCUT2D eigenvalue weighted by atomic mass is 35.5. The number of sulfonamides is 1. The predicted molar refractivity (Wildman–Crippen MR) is 65.4 cm³/mol. The first-order valence-electron chi connectivity index (χ1n) is 4.80. The average molecular weight is 288 g/mol. The molecule has 0 fully saturated rings. The molecular weight excluding hydrogens is 278 g/mol. The van der Waals surface area contributed by atoms with E-state index in [0.717, 1.165) is 6.07 Å². The Hall–Kier alpha value is -1.62. The Labute approximate surface area is 110 Å². The molecule has 0 aliphatic rings. The van der Waals surface area contributed by atoms with Crippen LogP contribution in [0.4, 0.5) is 0 Å². The Balaban J connectivity index is 2.96. The van der Waals surface area contributed by atoms with Gasteiger partial charge in [-0.2, -0.15) is 5.26 Å². The average Bonchev–Trinajstić information content (AvgIpc) is 2.35. The first-order chi connectivity index (χ1) is 8.40. The van der Waals surface area contributed by atoms with Gasteiger partial charge in [0.1, 0.15) is 6.07 Å². The molecule has 0 atom stereocenters. The highest BCUT2D eigenvalue weighted by molar-refractivity contribution is 7.89. The van der Waals surface area contributed by atoms with Crippen LogP contribution < -0.4 is 10.0 Å². The van der Waals surface area contributed by atoms with Gasteiger partial charge in [0.15, 0.2) is 0 Å². The zero-order valence-electron chi connectivity index (χ0n) is 9.40. The molecule has 6 nitrogen and oxygen atoms in total. The number of halogens is 1. The van der Waals surface area contributed by atoms with Crippen LogP contribution in [-0.4, -0.2) is 27.9 Å². The molecule has 1 amide bonds. The lowest BCUT2D eigenvalue weighted by Crippen LogP contribution is -2.35. The molecule has 0 saturated heterocycles. The van der Waals surface area contributed by atoms with Crippen molar-refractivity contribution in [3.63, 3.8) is 0 Å². The second kappa shape index (κ2) is 5.82. The van der Waals surface area contributed by atoms with Crippen molar-refractivity contribution in [2.24, 2.45) is 0 Å². The van der Waals surface area contributed by atoms with E-state index in [-0.39, 0.29) is 22.0 Å². The number of carbonyl (C=O) groups is 1. The number of hydrogen-bond acceptors (Lipinski definition) is 4. The lowest BCUT2D eigenvalue weighted by atomic mass is 10.2. The van der Waals surface area contributed by atoms with Gasteiger partial charge in [-0.15, -0.1) is 0 Å². The van der Waals surface area contributed by atoms with Gasteiger partial charge in [0.05, 0.1) is 22.0 Å². The molecule has 18 heavy (non-hydrogen) atoms. The summed E-state index contributed by atoms with van der Waals surface area (Å²) >= 11 is 5.73. The van der Waals surface area contributed by atoms with Crippen LogP contribution in [0.5, 0.6) is 0 Å². The van der Waals surface area contributed by atoms with Crippen molar-refractivity contribution >= 4 is 27.5 Å². The van der Waals surface area contributed by atoms with E-state index < -0.39 is 15.9 Å². The summed E-state index contributed by atoms with van der Waals surface area (Å²) in [6, 6.07) is 5.53. The molecule has 1 aromatic rings. The summed E-state index contributed by atoms with van der Waals surface area (Å²) in [7, 11) is -2.42. The van der Waals surface area contributed by atoms with Gasteiger partial charge in [-0.3, -0.25) is 4.79 Å². The molecular formula is C10H10ClN3O3S. The quantitative estimate of drug-likeness (QED) is 0.828. The number of nitrogens with one attached hydrogen (secondary N) is 2. The van der Waals surface area contributed by atoms with Crippen LogP contribution in [0.15, 0.2) is 23.1 Å². The van der Waals surface area contributed by atoms with E-state index in [9.17, 15) is 13.2 Å². The molecule has 0 aliphatic carbocycles. The van der Waals surface area contributed by atoms with Crippen molar-refractivity contribution in [1.82, 2.24) is 10.0 Å². The van der Waals surface area contributed by atoms with E-state index in [1.54, 1.807) is 0 Å². The summed E-state index contributed by atoms with van der Waals surface area (Å²) in [5.74, 6) is -0.460. The second-order valence-corrected chi connectivity index (χ2v) is 5.43. The molecule has 8 heteroatoms. The van der Waals surface area contributed by atoms with Crippen molar-refractivity contribution in [3.8, 4) is 6.07 Å². The van der Waals surface area contributed by atoms with E-state index in [1.807, 2.05) is 6.07 Å². The molecule has 0 spiro atoms. The predicted octanol–water partition coefficient (Wildman–Crippen LogP) is 0.236. The molecule has 0 heterocycles. The Morgan fingerprint density at radius 3 is 2.67 bits per heavy atom. The van der Waals surface area contributed by atoms with Crippen LogP contribution in [-0.2, 0) is 14.8 Å². The number of carbonyl (C=O) groups excluding carboxylic acids is 1. The third-order valence-corrected chi connectivity index (χ3v) is 3.78. The molecule has 0 aromatic heterocycles. The maximum Gasteiger partial charge on any atom is 0.241 e. The largest absolute Gasteiger partial charge is 0.358 e. The third kappa shape index (κ3) is 3.43. The van der Waals surface area contributed by atoms with Crippen LogP contribution in [0, 0.1) is 11.3 Å². The fraction of sp³-hybridized carbons (Fsp3) is 0.200.